The van der Waals surface area contributed by atoms with E-state index in [4.69, 9.17) is 22.1 Å². The zero-order chi connectivity index (χ0) is 13.3. The quantitative estimate of drug-likeness (QED) is 0.824. The van der Waals surface area contributed by atoms with Gasteiger partial charge in [-0.15, -0.1) is 0 Å². The highest BCUT2D eigenvalue weighted by Gasteiger charge is 2.34. The molecule has 0 spiro atoms. The highest BCUT2D eigenvalue weighted by molar-refractivity contribution is 6.35. The Labute approximate surface area is 111 Å². The Morgan fingerprint density at radius 2 is 2.33 bits per heavy atom. The van der Waals surface area contributed by atoms with Gasteiger partial charge in [0.1, 0.15) is 17.2 Å². The fourth-order valence-electron chi connectivity index (χ4n) is 2.15. The van der Waals surface area contributed by atoms with Crippen molar-refractivity contribution in [3.05, 3.63) is 11.3 Å². The molecule has 0 amide bonds. The van der Waals surface area contributed by atoms with Crippen LogP contribution in [0.1, 0.15) is 13.8 Å². The average molecular weight is 273 g/mol. The van der Waals surface area contributed by atoms with Crippen molar-refractivity contribution in [1.82, 2.24) is 9.97 Å². The predicted molar refractivity (Wildman–Crippen MR) is 69.7 cm³/mol. The van der Waals surface area contributed by atoms with Crippen molar-refractivity contribution in [3.8, 4) is 0 Å². The standard InChI is InChI=1S/C11H17ClN4O2/c1-11(2)5-16(3-7(4-17)18-11)10-8(12)9(13)14-6-15-10/h6-7,17H,3-5H2,1-2H3,(H2,13,14,15). The lowest BCUT2D eigenvalue weighted by molar-refractivity contribution is -0.101. The van der Waals surface area contributed by atoms with Crippen molar-refractivity contribution in [2.45, 2.75) is 25.6 Å². The topological polar surface area (TPSA) is 84.5 Å². The van der Waals surface area contributed by atoms with Gasteiger partial charge in [0.2, 0.25) is 0 Å². The molecule has 1 unspecified atom stereocenters. The van der Waals surface area contributed by atoms with Crippen LogP contribution in [0.4, 0.5) is 11.6 Å². The minimum Gasteiger partial charge on any atom is -0.394 e. The van der Waals surface area contributed by atoms with Gasteiger partial charge < -0.3 is 20.5 Å². The molecule has 18 heavy (non-hydrogen) atoms. The van der Waals surface area contributed by atoms with Crippen LogP contribution in [0, 0.1) is 0 Å². The molecule has 0 saturated carbocycles. The molecule has 1 aromatic rings. The van der Waals surface area contributed by atoms with Crippen LogP contribution < -0.4 is 10.6 Å². The number of halogens is 1. The van der Waals surface area contributed by atoms with E-state index in [9.17, 15) is 5.11 Å². The zero-order valence-electron chi connectivity index (χ0n) is 10.4. The predicted octanol–water partition coefficient (Wildman–Crippen LogP) is 0.688. The number of anilines is 2. The maximum atomic E-state index is 9.27. The van der Waals surface area contributed by atoms with E-state index in [0.717, 1.165) is 0 Å². The van der Waals surface area contributed by atoms with E-state index in [2.05, 4.69) is 9.97 Å². The molecule has 7 heteroatoms. The molecule has 3 N–H and O–H groups in total. The highest BCUT2D eigenvalue weighted by Crippen LogP contribution is 2.31. The molecule has 2 heterocycles. The van der Waals surface area contributed by atoms with Crippen molar-refractivity contribution < 1.29 is 9.84 Å². The Balaban J connectivity index is 2.29. The van der Waals surface area contributed by atoms with Crippen LogP contribution in [0.2, 0.25) is 5.02 Å². The first-order chi connectivity index (χ1) is 8.43. The van der Waals surface area contributed by atoms with Gasteiger partial charge in [-0.2, -0.15) is 0 Å². The number of hydrogen-bond donors (Lipinski definition) is 2. The van der Waals surface area contributed by atoms with Crippen molar-refractivity contribution in [2.75, 3.05) is 30.3 Å². The van der Waals surface area contributed by atoms with E-state index >= 15 is 0 Å². The van der Waals surface area contributed by atoms with Crippen LogP contribution >= 0.6 is 11.6 Å². The number of nitrogen functional groups attached to an aromatic ring is 1. The normalized spacial score (nSPS) is 23.1. The van der Waals surface area contributed by atoms with Gasteiger partial charge >= 0.3 is 0 Å². The summed E-state index contributed by atoms with van der Waals surface area (Å²) in [6.07, 6.45) is 1.12. The van der Waals surface area contributed by atoms with E-state index in [0.29, 0.717) is 23.9 Å². The SMILES string of the molecule is CC1(C)CN(c2ncnc(N)c2Cl)CC(CO)O1. The van der Waals surface area contributed by atoms with Crippen LogP contribution in [-0.2, 0) is 4.74 Å². The summed E-state index contributed by atoms with van der Waals surface area (Å²) in [6, 6.07) is 0. The van der Waals surface area contributed by atoms with Gasteiger partial charge in [0.15, 0.2) is 5.82 Å². The van der Waals surface area contributed by atoms with Gasteiger partial charge in [-0.3, -0.25) is 0 Å². The molecule has 1 aliphatic rings. The van der Waals surface area contributed by atoms with Gasteiger partial charge in [0, 0.05) is 13.1 Å². The van der Waals surface area contributed by atoms with Gasteiger partial charge in [-0.1, -0.05) is 11.6 Å². The summed E-state index contributed by atoms with van der Waals surface area (Å²) in [7, 11) is 0. The minimum absolute atomic E-state index is 0.0435. The van der Waals surface area contributed by atoms with Crippen LogP contribution in [0.25, 0.3) is 0 Å². The van der Waals surface area contributed by atoms with E-state index in [-0.39, 0.29) is 24.1 Å². The highest BCUT2D eigenvalue weighted by atomic mass is 35.5. The molecule has 1 aromatic heterocycles. The summed E-state index contributed by atoms with van der Waals surface area (Å²) < 4.78 is 5.74. The number of morpholine rings is 1. The Hall–Kier alpha value is -1.11. The molecule has 1 saturated heterocycles. The number of nitrogens with zero attached hydrogens (tertiary/aromatic N) is 3. The first-order valence-corrected chi connectivity index (χ1v) is 6.10. The monoisotopic (exact) mass is 272 g/mol. The number of aromatic nitrogens is 2. The van der Waals surface area contributed by atoms with Crippen molar-refractivity contribution in [1.29, 1.82) is 0 Å². The lowest BCUT2D eigenvalue weighted by Crippen LogP contribution is -2.54. The van der Waals surface area contributed by atoms with Crippen LogP contribution in [-0.4, -0.2) is 46.5 Å². The lowest BCUT2D eigenvalue weighted by atomic mass is 10.1. The third kappa shape index (κ3) is 2.66. The molecule has 1 aliphatic heterocycles. The molecule has 0 aliphatic carbocycles. The number of ether oxygens (including phenoxy) is 1. The molecule has 6 nitrogen and oxygen atoms in total. The number of rotatable bonds is 2. The largest absolute Gasteiger partial charge is 0.394 e. The summed E-state index contributed by atoms with van der Waals surface area (Å²) in [5.74, 6) is 0.838. The van der Waals surface area contributed by atoms with Crippen molar-refractivity contribution in [3.63, 3.8) is 0 Å². The first-order valence-electron chi connectivity index (χ1n) is 5.72. The Bertz CT molecular complexity index is 441. The molecule has 2 rings (SSSR count). The summed E-state index contributed by atoms with van der Waals surface area (Å²) in [6.45, 7) is 5.02. The first kappa shape index (κ1) is 13.3. The fraction of sp³-hybridized carbons (Fsp3) is 0.636. The van der Waals surface area contributed by atoms with E-state index in [1.165, 1.54) is 6.33 Å². The van der Waals surface area contributed by atoms with Crippen LogP contribution in [0.3, 0.4) is 0 Å². The molecular weight excluding hydrogens is 256 g/mol. The average Bonchev–Trinajstić information content (AvgIpc) is 2.30. The van der Waals surface area contributed by atoms with E-state index in [1.807, 2.05) is 18.7 Å². The lowest BCUT2D eigenvalue weighted by Gasteiger charge is -2.43. The van der Waals surface area contributed by atoms with Crippen LogP contribution in [0.15, 0.2) is 6.33 Å². The van der Waals surface area contributed by atoms with Gasteiger partial charge in [-0.05, 0) is 13.8 Å². The molecular formula is C11H17ClN4O2. The number of aliphatic hydroxyl groups excluding tert-OH is 1. The van der Waals surface area contributed by atoms with E-state index < -0.39 is 0 Å². The number of hydrogen-bond acceptors (Lipinski definition) is 6. The second-order valence-electron chi connectivity index (χ2n) is 4.96. The maximum Gasteiger partial charge on any atom is 0.153 e. The third-order valence-electron chi connectivity index (χ3n) is 2.78. The van der Waals surface area contributed by atoms with Crippen molar-refractivity contribution >= 4 is 23.2 Å². The molecule has 0 aromatic carbocycles. The Morgan fingerprint density at radius 3 is 3.00 bits per heavy atom. The Morgan fingerprint density at radius 1 is 1.61 bits per heavy atom. The Kier molecular flexibility index (Phi) is 3.61. The molecule has 0 bridgehead atoms. The van der Waals surface area contributed by atoms with Crippen LogP contribution in [0.5, 0.6) is 0 Å². The summed E-state index contributed by atoms with van der Waals surface area (Å²) >= 11 is 6.12. The molecule has 0 radical (unpaired) electrons. The minimum atomic E-state index is -0.380. The summed E-state index contributed by atoms with van der Waals surface area (Å²) in [5, 5.41) is 9.61. The number of nitrogens with two attached hydrogens (primary N) is 1. The third-order valence-corrected chi connectivity index (χ3v) is 3.15. The summed E-state index contributed by atoms with van der Waals surface area (Å²) in [5.41, 5.74) is 5.29. The summed E-state index contributed by atoms with van der Waals surface area (Å²) in [4.78, 5) is 9.96. The smallest absolute Gasteiger partial charge is 0.153 e. The second-order valence-corrected chi connectivity index (χ2v) is 5.34. The van der Waals surface area contributed by atoms with E-state index in [1.54, 1.807) is 0 Å². The molecule has 1 fully saturated rings. The van der Waals surface area contributed by atoms with Gasteiger partial charge in [0.05, 0.1) is 18.3 Å². The zero-order valence-corrected chi connectivity index (χ0v) is 11.2. The fourth-order valence-corrected chi connectivity index (χ4v) is 2.36. The molecule has 100 valence electrons. The van der Waals surface area contributed by atoms with Gasteiger partial charge in [-0.25, -0.2) is 9.97 Å². The molecule has 1 atom stereocenters. The van der Waals surface area contributed by atoms with Gasteiger partial charge in [0.25, 0.3) is 0 Å². The maximum absolute atomic E-state index is 9.27. The van der Waals surface area contributed by atoms with Crippen molar-refractivity contribution in [2.24, 2.45) is 0 Å². The second kappa shape index (κ2) is 4.87. The number of aliphatic hydroxyl groups is 1.